The minimum Gasteiger partial charge on any atom is -0.390 e. The lowest BCUT2D eigenvalue weighted by Gasteiger charge is -2.33. The average Bonchev–Trinajstić information content (AvgIpc) is 2.01. The lowest BCUT2D eigenvalue weighted by atomic mass is 9.81. The molecule has 1 aliphatic carbocycles. The maximum atomic E-state index is 13.5. The minimum absolute atomic E-state index is 0.145. The smallest absolute Gasteiger partial charge is 0.112 e. The zero-order chi connectivity index (χ0) is 10.1. The third-order valence-corrected chi connectivity index (χ3v) is 2.50. The van der Waals surface area contributed by atoms with Gasteiger partial charge in [-0.05, 0) is 13.8 Å². The SMILES string of the molecule is COC1C=C[C@@H](C(C)(C)O)C(F)C1. The summed E-state index contributed by atoms with van der Waals surface area (Å²) in [5.41, 5.74) is -0.991. The van der Waals surface area contributed by atoms with Crippen LogP contribution in [-0.4, -0.2) is 30.1 Å². The van der Waals surface area contributed by atoms with Crippen molar-refractivity contribution in [3.05, 3.63) is 12.2 Å². The molecule has 0 aromatic rings. The van der Waals surface area contributed by atoms with Crippen LogP contribution >= 0.6 is 0 Å². The quantitative estimate of drug-likeness (QED) is 0.668. The molecule has 0 fully saturated rings. The normalized spacial score (nSPS) is 35.0. The molecule has 0 amide bonds. The van der Waals surface area contributed by atoms with Crippen LogP contribution < -0.4 is 0 Å². The first-order valence-electron chi connectivity index (χ1n) is 4.52. The highest BCUT2D eigenvalue weighted by molar-refractivity contribution is 5.07. The third kappa shape index (κ3) is 2.51. The molecule has 0 saturated heterocycles. The molecule has 1 rings (SSSR count). The minimum atomic E-state index is -1.02. The van der Waals surface area contributed by atoms with Gasteiger partial charge in [-0.2, -0.15) is 0 Å². The highest BCUT2D eigenvalue weighted by atomic mass is 19.1. The van der Waals surface area contributed by atoms with E-state index >= 15 is 0 Å². The second-order valence-corrected chi connectivity index (χ2v) is 4.09. The topological polar surface area (TPSA) is 29.5 Å². The second-order valence-electron chi connectivity index (χ2n) is 4.09. The second kappa shape index (κ2) is 3.76. The molecule has 0 radical (unpaired) electrons. The van der Waals surface area contributed by atoms with Gasteiger partial charge in [0.05, 0.1) is 11.7 Å². The van der Waals surface area contributed by atoms with E-state index in [0.717, 1.165) is 0 Å². The molecule has 0 heterocycles. The molecule has 0 bridgehead atoms. The Morgan fingerprint density at radius 3 is 2.46 bits per heavy atom. The van der Waals surface area contributed by atoms with E-state index in [1.165, 1.54) is 0 Å². The zero-order valence-electron chi connectivity index (χ0n) is 8.33. The van der Waals surface area contributed by atoms with E-state index in [0.29, 0.717) is 6.42 Å². The Kier molecular flexibility index (Phi) is 3.09. The summed E-state index contributed by atoms with van der Waals surface area (Å²) in [7, 11) is 1.56. The Hall–Kier alpha value is -0.410. The van der Waals surface area contributed by atoms with Crippen molar-refractivity contribution in [2.24, 2.45) is 5.92 Å². The van der Waals surface area contributed by atoms with E-state index < -0.39 is 17.7 Å². The summed E-state index contributed by atoms with van der Waals surface area (Å²) >= 11 is 0. The van der Waals surface area contributed by atoms with Crippen molar-refractivity contribution < 1.29 is 14.2 Å². The number of halogens is 1. The lowest BCUT2D eigenvalue weighted by molar-refractivity contribution is -0.0175. The summed E-state index contributed by atoms with van der Waals surface area (Å²) in [4.78, 5) is 0. The molecule has 2 nitrogen and oxygen atoms in total. The van der Waals surface area contributed by atoms with Gasteiger partial charge in [-0.3, -0.25) is 0 Å². The van der Waals surface area contributed by atoms with E-state index in [1.807, 2.05) is 6.08 Å². The molecule has 0 saturated carbocycles. The highest BCUT2D eigenvalue weighted by Crippen LogP contribution is 2.31. The molecule has 0 aromatic carbocycles. The van der Waals surface area contributed by atoms with Gasteiger partial charge in [-0.25, -0.2) is 4.39 Å². The molecule has 3 atom stereocenters. The van der Waals surface area contributed by atoms with Gasteiger partial charge in [-0.1, -0.05) is 12.2 Å². The fraction of sp³-hybridized carbons (Fsp3) is 0.800. The number of alkyl halides is 1. The molecule has 2 unspecified atom stereocenters. The Morgan fingerprint density at radius 2 is 2.08 bits per heavy atom. The van der Waals surface area contributed by atoms with Crippen LogP contribution in [0.25, 0.3) is 0 Å². The van der Waals surface area contributed by atoms with Crippen molar-refractivity contribution in [2.45, 2.75) is 38.1 Å². The molecule has 0 aliphatic heterocycles. The van der Waals surface area contributed by atoms with E-state index in [1.54, 1.807) is 27.0 Å². The van der Waals surface area contributed by atoms with Crippen LogP contribution in [0.1, 0.15) is 20.3 Å². The Bertz CT molecular complexity index is 196. The summed E-state index contributed by atoms with van der Waals surface area (Å²) in [6, 6.07) is 0. The summed E-state index contributed by atoms with van der Waals surface area (Å²) < 4.78 is 18.5. The molecule has 3 heteroatoms. The fourth-order valence-electron chi connectivity index (χ4n) is 1.66. The van der Waals surface area contributed by atoms with Gasteiger partial charge in [0, 0.05) is 19.4 Å². The monoisotopic (exact) mass is 188 g/mol. The maximum Gasteiger partial charge on any atom is 0.112 e. The maximum absolute atomic E-state index is 13.5. The van der Waals surface area contributed by atoms with E-state index in [-0.39, 0.29) is 6.10 Å². The van der Waals surface area contributed by atoms with Gasteiger partial charge in [0.1, 0.15) is 6.17 Å². The van der Waals surface area contributed by atoms with Gasteiger partial charge in [0.25, 0.3) is 0 Å². The fourth-order valence-corrected chi connectivity index (χ4v) is 1.66. The van der Waals surface area contributed by atoms with E-state index in [4.69, 9.17) is 4.74 Å². The van der Waals surface area contributed by atoms with Crippen LogP contribution in [0, 0.1) is 5.92 Å². The molecule has 0 spiro atoms. The molecule has 1 N–H and O–H groups in total. The van der Waals surface area contributed by atoms with Crippen molar-refractivity contribution >= 4 is 0 Å². The van der Waals surface area contributed by atoms with Crippen molar-refractivity contribution in [3.8, 4) is 0 Å². The summed E-state index contributed by atoms with van der Waals surface area (Å²) in [6.45, 7) is 3.25. The Morgan fingerprint density at radius 1 is 1.46 bits per heavy atom. The highest BCUT2D eigenvalue weighted by Gasteiger charge is 2.35. The van der Waals surface area contributed by atoms with Crippen molar-refractivity contribution in [3.63, 3.8) is 0 Å². The van der Waals surface area contributed by atoms with Crippen LogP contribution in [0.15, 0.2) is 12.2 Å². The Balaban J connectivity index is 2.70. The molecular weight excluding hydrogens is 171 g/mol. The zero-order valence-corrected chi connectivity index (χ0v) is 8.33. The van der Waals surface area contributed by atoms with Gasteiger partial charge in [0.15, 0.2) is 0 Å². The van der Waals surface area contributed by atoms with Crippen LogP contribution in [0.2, 0.25) is 0 Å². The van der Waals surface area contributed by atoms with Crippen LogP contribution in [-0.2, 0) is 4.74 Å². The van der Waals surface area contributed by atoms with Crippen LogP contribution in [0.3, 0.4) is 0 Å². The van der Waals surface area contributed by atoms with Gasteiger partial charge >= 0.3 is 0 Å². The van der Waals surface area contributed by atoms with Crippen LogP contribution in [0.5, 0.6) is 0 Å². The largest absolute Gasteiger partial charge is 0.390 e. The first-order chi connectivity index (χ1) is 5.95. The average molecular weight is 188 g/mol. The molecule has 0 aromatic heterocycles. The number of aliphatic hydroxyl groups is 1. The number of rotatable bonds is 2. The van der Waals surface area contributed by atoms with Crippen molar-refractivity contribution in [1.29, 1.82) is 0 Å². The number of methoxy groups -OCH3 is 1. The molecule has 76 valence electrons. The number of hydrogen-bond donors (Lipinski definition) is 1. The predicted molar refractivity (Wildman–Crippen MR) is 49.2 cm³/mol. The number of hydrogen-bond acceptors (Lipinski definition) is 2. The summed E-state index contributed by atoms with van der Waals surface area (Å²) in [6.07, 6.45) is 2.70. The first-order valence-corrected chi connectivity index (χ1v) is 4.52. The molecule has 1 aliphatic rings. The molecular formula is C10H17FO2. The van der Waals surface area contributed by atoms with Crippen molar-refractivity contribution in [1.82, 2.24) is 0 Å². The third-order valence-electron chi connectivity index (χ3n) is 2.50. The predicted octanol–water partition coefficient (Wildman–Crippen LogP) is 1.69. The van der Waals surface area contributed by atoms with E-state index in [2.05, 4.69) is 0 Å². The first kappa shape index (κ1) is 10.7. The van der Waals surface area contributed by atoms with Crippen LogP contribution in [0.4, 0.5) is 4.39 Å². The lowest BCUT2D eigenvalue weighted by Crippen LogP contribution is -2.40. The summed E-state index contributed by atoms with van der Waals surface area (Å²) in [5, 5.41) is 9.64. The van der Waals surface area contributed by atoms with Gasteiger partial charge in [0.2, 0.25) is 0 Å². The summed E-state index contributed by atoms with van der Waals surface area (Å²) in [5.74, 6) is -0.418. The van der Waals surface area contributed by atoms with Gasteiger partial charge < -0.3 is 9.84 Å². The van der Waals surface area contributed by atoms with Gasteiger partial charge in [-0.15, -0.1) is 0 Å². The van der Waals surface area contributed by atoms with E-state index in [9.17, 15) is 9.50 Å². The Labute approximate surface area is 78.4 Å². The van der Waals surface area contributed by atoms with Crippen molar-refractivity contribution in [2.75, 3.05) is 7.11 Å². The standard InChI is InChI=1S/C10H17FO2/c1-10(2,12)8-5-4-7(13-3)6-9(8)11/h4-5,7-9,12H,6H2,1-3H3/t7?,8-,9?/m1/s1. The number of ether oxygens (including phenoxy) is 1. The molecule has 13 heavy (non-hydrogen) atoms.